The average Bonchev–Trinajstić information content (AvgIpc) is 2.30. The largest absolute Gasteiger partial charge is 0.495 e. The standard InChI is InChI=1S/C13H16N2O/c1-16-11-5-10(6-14-8-11)12-4-2-3-9-7-15-13(9)12/h4-6,8-9,13,15H,2-3,7H2,1H3/t9-,13+/m0/s1. The molecular weight excluding hydrogens is 200 g/mol. The molecule has 1 N–H and O–H groups in total. The van der Waals surface area contributed by atoms with Crippen molar-refractivity contribution in [3.05, 3.63) is 30.1 Å². The Balaban J connectivity index is 1.93. The van der Waals surface area contributed by atoms with E-state index in [1.807, 2.05) is 6.20 Å². The molecule has 0 amide bonds. The molecular formula is C13H16N2O. The number of rotatable bonds is 2. The summed E-state index contributed by atoms with van der Waals surface area (Å²) < 4.78 is 5.22. The maximum atomic E-state index is 5.22. The molecule has 0 spiro atoms. The van der Waals surface area contributed by atoms with Crippen molar-refractivity contribution in [1.82, 2.24) is 10.3 Å². The molecule has 0 bridgehead atoms. The molecule has 2 heterocycles. The van der Waals surface area contributed by atoms with Gasteiger partial charge in [-0.05, 0) is 30.4 Å². The number of fused-ring (bicyclic) bond motifs is 1. The monoisotopic (exact) mass is 216 g/mol. The maximum absolute atomic E-state index is 5.22. The minimum absolute atomic E-state index is 0.544. The lowest BCUT2D eigenvalue weighted by Gasteiger charge is -2.42. The molecule has 1 aromatic heterocycles. The van der Waals surface area contributed by atoms with Crippen LogP contribution in [0.2, 0.25) is 0 Å². The van der Waals surface area contributed by atoms with Crippen LogP contribution in [-0.2, 0) is 0 Å². The third-order valence-electron chi connectivity index (χ3n) is 3.59. The van der Waals surface area contributed by atoms with Gasteiger partial charge in [-0.25, -0.2) is 0 Å². The Morgan fingerprint density at radius 3 is 3.12 bits per heavy atom. The fourth-order valence-electron chi connectivity index (χ4n) is 2.60. The van der Waals surface area contributed by atoms with Crippen molar-refractivity contribution in [3.63, 3.8) is 0 Å². The first kappa shape index (κ1) is 9.85. The van der Waals surface area contributed by atoms with E-state index in [-0.39, 0.29) is 0 Å². The molecule has 3 nitrogen and oxygen atoms in total. The fraction of sp³-hybridized carbons (Fsp3) is 0.462. The zero-order valence-electron chi connectivity index (χ0n) is 9.44. The minimum atomic E-state index is 0.544. The number of hydrogen-bond acceptors (Lipinski definition) is 3. The van der Waals surface area contributed by atoms with Gasteiger partial charge in [-0.3, -0.25) is 4.98 Å². The van der Waals surface area contributed by atoms with E-state index in [9.17, 15) is 0 Å². The molecule has 0 radical (unpaired) electrons. The zero-order chi connectivity index (χ0) is 11.0. The molecule has 1 aliphatic heterocycles. The van der Waals surface area contributed by atoms with Crippen LogP contribution in [-0.4, -0.2) is 24.7 Å². The summed E-state index contributed by atoms with van der Waals surface area (Å²) in [5, 5.41) is 3.50. The molecule has 16 heavy (non-hydrogen) atoms. The lowest BCUT2D eigenvalue weighted by atomic mass is 9.76. The Morgan fingerprint density at radius 1 is 1.44 bits per heavy atom. The van der Waals surface area contributed by atoms with Crippen LogP contribution in [0.15, 0.2) is 24.5 Å². The van der Waals surface area contributed by atoms with Crippen molar-refractivity contribution in [2.24, 2.45) is 5.92 Å². The first-order valence-electron chi connectivity index (χ1n) is 5.81. The van der Waals surface area contributed by atoms with Gasteiger partial charge in [0, 0.05) is 24.3 Å². The van der Waals surface area contributed by atoms with E-state index in [2.05, 4.69) is 22.4 Å². The maximum Gasteiger partial charge on any atom is 0.137 e. The Hall–Kier alpha value is -1.35. The summed E-state index contributed by atoms with van der Waals surface area (Å²) in [6.07, 6.45) is 8.52. The van der Waals surface area contributed by atoms with Gasteiger partial charge in [0.2, 0.25) is 0 Å². The summed E-state index contributed by atoms with van der Waals surface area (Å²) in [5.41, 5.74) is 2.59. The first-order chi connectivity index (χ1) is 7.88. The molecule has 0 aromatic carbocycles. The summed E-state index contributed by atoms with van der Waals surface area (Å²) in [6.45, 7) is 1.17. The van der Waals surface area contributed by atoms with E-state index in [4.69, 9.17) is 4.74 Å². The van der Waals surface area contributed by atoms with Crippen molar-refractivity contribution in [2.75, 3.05) is 13.7 Å². The second-order valence-electron chi connectivity index (χ2n) is 4.50. The predicted octanol–water partition coefficient (Wildman–Crippen LogP) is 1.86. The van der Waals surface area contributed by atoms with Crippen LogP contribution < -0.4 is 10.1 Å². The molecule has 1 fully saturated rings. The van der Waals surface area contributed by atoms with Gasteiger partial charge in [-0.2, -0.15) is 0 Å². The van der Waals surface area contributed by atoms with Crippen molar-refractivity contribution in [1.29, 1.82) is 0 Å². The van der Waals surface area contributed by atoms with E-state index >= 15 is 0 Å². The second-order valence-corrected chi connectivity index (χ2v) is 4.50. The van der Waals surface area contributed by atoms with Gasteiger partial charge in [0.05, 0.1) is 13.3 Å². The van der Waals surface area contributed by atoms with Gasteiger partial charge in [0.15, 0.2) is 0 Å². The number of hydrogen-bond donors (Lipinski definition) is 1. The van der Waals surface area contributed by atoms with Crippen LogP contribution in [0.5, 0.6) is 5.75 Å². The van der Waals surface area contributed by atoms with E-state index in [1.165, 1.54) is 30.5 Å². The summed E-state index contributed by atoms with van der Waals surface area (Å²) in [4.78, 5) is 4.22. The fourth-order valence-corrected chi connectivity index (χ4v) is 2.60. The number of ether oxygens (including phenoxy) is 1. The number of pyridine rings is 1. The highest BCUT2D eigenvalue weighted by Gasteiger charge is 2.35. The molecule has 3 heteroatoms. The number of methoxy groups -OCH3 is 1. The van der Waals surface area contributed by atoms with Crippen LogP contribution in [0, 0.1) is 5.92 Å². The second kappa shape index (κ2) is 3.91. The van der Waals surface area contributed by atoms with Gasteiger partial charge in [0.25, 0.3) is 0 Å². The highest BCUT2D eigenvalue weighted by molar-refractivity contribution is 5.72. The van der Waals surface area contributed by atoms with Crippen LogP contribution in [0.3, 0.4) is 0 Å². The normalized spacial score (nSPS) is 27.7. The van der Waals surface area contributed by atoms with E-state index < -0.39 is 0 Å². The quantitative estimate of drug-likeness (QED) is 0.819. The molecule has 2 atom stereocenters. The number of aromatic nitrogens is 1. The first-order valence-corrected chi connectivity index (χ1v) is 5.81. The van der Waals surface area contributed by atoms with Crippen LogP contribution >= 0.6 is 0 Å². The smallest absolute Gasteiger partial charge is 0.137 e. The summed E-state index contributed by atoms with van der Waals surface area (Å²) in [7, 11) is 1.68. The molecule has 1 aliphatic carbocycles. The summed E-state index contributed by atoms with van der Waals surface area (Å²) in [6, 6.07) is 2.61. The van der Waals surface area contributed by atoms with Gasteiger partial charge in [-0.1, -0.05) is 6.08 Å². The van der Waals surface area contributed by atoms with Crippen LogP contribution in [0.25, 0.3) is 5.57 Å². The SMILES string of the molecule is COc1cncc(C2=CCC[C@H]3CN[C@@H]23)c1. The third-order valence-corrected chi connectivity index (χ3v) is 3.59. The number of nitrogens with one attached hydrogen (secondary N) is 1. The van der Waals surface area contributed by atoms with Gasteiger partial charge < -0.3 is 10.1 Å². The van der Waals surface area contributed by atoms with Crippen LogP contribution in [0.1, 0.15) is 18.4 Å². The number of nitrogens with zero attached hydrogens (tertiary/aromatic N) is 1. The third kappa shape index (κ3) is 1.52. The Kier molecular flexibility index (Phi) is 2.40. The molecule has 84 valence electrons. The minimum Gasteiger partial charge on any atom is -0.495 e. The Labute approximate surface area is 95.5 Å². The molecule has 3 rings (SSSR count). The highest BCUT2D eigenvalue weighted by Crippen LogP contribution is 2.36. The summed E-state index contributed by atoms with van der Waals surface area (Å²) >= 11 is 0. The van der Waals surface area contributed by atoms with Gasteiger partial charge in [-0.15, -0.1) is 0 Å². The lowest BCUT2D eigenvalue weighted by molar-refractivity contribution is 0.262. The Bertz CT molecular complexity index is 428. The van der Waals surface area contributed by atoms with E-state index in [1.54, 1.807) is 13.3 Å². The molecule has 2 aliphatic rings. The molecule has 1 saturated heterocycles. The lowest BCUT2D eigenvalue weighted by Crippen LogP contribution is -2.54. The van der Waals surface area contributed by atoms with Gasteiger partial charge in [0.1, 0.15) is 5.75 Å². The van der Waals surface area contributed by atoms with Crippen molar-refractivity contribution >= 4 is 5.57 Å². The van der Waals surface area contributed by atoms with Crippen LogP contribution in [0.4, 0.5) is 0 Å². The topological polar surface area (TPSA) is 34.1 Å². The summed E-state index contributed by atoms with van der Waals surface area (Å²) in [5.74, 6) is 1.66. The number of allylic oxidation sites excluding steroid dienone is 1. The predicted molar refractivity (Wildman–Crippen MR) is 63.3 cm³/mol. The van der Waals surface area contributed by atoms with E-state index in [0.29, 0.717) is 6.04 Å². The van der Waals surface area contributed by atoms with E-state index in [0.717, 1.165) is 11.7 Å². The van der Waals surface area contributed by atoms with Crippen molar-refractivity contribution in [3.8, 4) is 5.75 Å². The van der Waals surface area contributed by atoms with Crippen molar-refractivity contribution in [2.45, 2.75) is 18.9 Å². The van der Waals surface area contributed by atoms with Crippen molar-refractivity contribution < 1.29 is 4.74 Å². The highest BCUT2D eigenvalue weighted by atomic mass is 16.5. The molecule has 1 aromatic rings. The molecule has 0 unspecified atom stereocenters. The zero-order valence-corrected chi connectivity index (χ0v) is 9.44. The molecule has 0 saturated carbocycles. The average molecular weight is 216 g/mol. The Morgan fingerprint density at radius 2 is 2.38 bits per heavy atom. The van der Waals surface area contributed by atoms with Gasteiger partial charge >= 0.3 is 0 Å².